The number of benzene rings is 1. The zero-order valence-corrected chi connectivity index (χ0v) is 8.59. The van der Waals surface area contributed by atoms with Gasteiger partial charge in [-0.15, -0.1) is 0 Å². The van der Waals surface area contributed by atoms with Gasteiger partial charge in [0.2, 0.25) is 0 Å². The summed E-state index contributed by atoms with van der Waals surface area (Å²) < 4.78 is 13.7. The molecular formula is C12H15FO. The first-order valence-corrected chi connectivity index (χ1v) is 4.90. The maximum Gasteiger partial charge on any atom is 0.129 e. The lowest BCUT2D eigenvalue weighted by Crippen LogP contribution is -2.04. The minimum Gasteiger partial charge on any atom is -0.303 e. The molecule has 1 aromatic carbocycles. The molecule has 76 valence electrons. The van der Waals surface area contributed by atoms with E-state index in [1.54, 1.807) is 19.1 Å². The Labute approximate surface area is 83.9 Å². The molecule has 0 aliphatic heterocycles. The SMILES string of the molecule is CCc1cccc(CC(C)C=O)c1F. The highest BCUT2D eigenvalue weighted by atomic mass is 19.1. The second kappa shape index (κ2) is 4.89. The molecule has 14 heavy (non-hydrogen) atoms. The zero-order valence-electron chi connectivity index (χ0n) is 8.59. The van der Waals surface area contributed by atoms with Crippen LogP contribution in [0.5, 0.6) is 0 Å². The van der Waals surface area contributed by atoms with Crippen molar-refractivity contribution in [2.75, 3.05) is 0 Å². The Hall–Kier alpha value is -1.18. The lowest BCUT2D eigenvalue weighted by atomic mass is 9.99. The fourth-order valence-corrected chi connectivity index (χ4v) is 1.46. The molecule has 1 unspecified atom stereocenters. The van der Waals surface area contributed by atoms with E-state index in [1.165, 1.54) is 0 Å². The van der Waals surface area contributed by atoms with E-state index in [0.29, 0.717) is 18.4 Å². The number of halogens is 1. The Morgan fingerprint density at radius 1 is 1.43 bits per heavy atom. The van der Waals surface area contributed by atoms with Gasteiger partial charge in [-0.3, -0.25) is 0 Å². The third-order valence-electron chi connectivity index (χ3n) is 2.31. The summed E-state index contributed by atoms with van der Waals surface area (Å²) in [5.41, 5.74) is 1.37. The molecular weight excluding hydrogens is 179 g/mol. The van der Waals surface area contributed by atoms with Gasteiger partial charge in [0.1, 0.15) is 12.1 Å². The van der Waals surface area contributed by atoms with E-state index < -0.39 is 0 Å². The van der Waals surface area contributed by atoms with Crippen LogP contribution >= 0.6 is 0 Å². The van der Waals surface area contributed by atoms with Crippen LogP contribution in [0.4, 0.5) is 4.39 Å². The predicted octanol–water partition coefficient (Wildman–Crippen LogP) is 2.77. The van der Waals surface area contributed by atoms with Crippen molar-refractivity contribution in [2.45, 2.75) is 26.7 Å². The first-order valence-electron chi connectivity index (χ1n) is 4.90. The second-order valence-electron chi connectivity index (χ2n) is 3.56. The van der Waals surface area contributed by atoms with E-state index in [0.717, 1.165) is 11.8 Å². The standard InChI is InChI=1S/C12H15FO/c1-3-10-5-4-6-11(12(10)13)7-9(2)8-14/h4-6,8-9H,3,7H2,1-2H3. The van der Waals surface area contributed by atoms with Gasteiger partial charge in [-0.05, 0) is 24.0 Å². The van der Waals surface area contributed by atoms with Gasteiger partial charge < -0.3 is 4.79 Å². The zero-order chi connectivity index (χ0) is 10.6. The number of hydrogen-bond acceptors (Lipinski definition) is 1. The summed E-state index contributed by atoms with van der Waals surface area (Å²) in [6.45, 7) is 3.72. The minimum absolute atomic E-state index is 0.114. The molecule has 0 fully saturated rings. The molecule has 1 rings (SSSR count). The number of carbonyl (C=O) groups excluding carboxylic acids is 1. The van der Waals surface area contributed by atoms with Gasteiger partial charge in [-0.25, -0.2) is 4.39 Å². The van der Waals surface area contributed by atoms with Gasteiger partial charge in [0, 0.05) is 5.92 Å². The summed E-state index contributed by atoms with van der Waals surface area (Å²) >= 11 is 0. The minimum atomic E-state index is -0.149. The summed E-state index contributed by atoms with van der Waals surface area (Å²) in [4.78, 5) is 10.5. The van der Waals surface area contributed by atoms with Crippen LogP contribution in [0.1, 0.15) is 25.0 Å². The molecule has 1 nitrogen and oxygen atoms in total. The summed E-state index contributed by atoms with van der Waals surface area (Å²) in [7, 11) is 0. The van der Waals surface area contributed by atoms with Gasteiger partial charge in [-0.1, -0.05) is 32.0 Å². The van der Waals surface area contributed by atoms with Crippen molar-refractivity contribution in [3.05, 3.63) is 35.1 Å². The third kappa shape index (κ3) is 2.41. The van der Waals surface area contributed by atoms with Gasteiger partial charge in [0.05, 0.1) is 0 Å². The number of aryl methyl sites for hydroxylation is 1. The molecule has 0 heterocycles. The average molecular weight is 194 g/mol. The molecule has 0 amide bonds. The maximum absolute atomic E-state index is 13.7. The van der Waals surface area contributed by atoms with Crippen LogP contribution in [0.2, 0.25) is 0 Å². The Bertz CT molecular complexity index is 320. The lowest BCUT2D eigenvalue weighted by molar-refractivity contribution is -0.110. The molecule has 1 aromatic rings. The van der Waals surface area contributed by atoms with Crippen LogP contribution in [-0.2, 0) is 17.6 Å². The van der Waals surface area contributed by atoms with Crippen molar-refractivity contribution < 1.29 is 9.18 Å². The molecule has 1 atom stereocenters. The molecule has 0 N–H and O–H groups in total. The molecule has 0 bridgehead atoms. The van der Waals surface area contributed by atoms with Crippen molar-refractivity contribution in [1.82, 2.24) is 0 Å². The van der Waals surface area contributed by atoms with Crippen LogP contribution in [-0.4, -0.2) is 6.29 Å². The lowest BCUT2D eigenvalue weighted by Gasteiger charge is -2.08. The van der Waals surface area contributed by atoms with Crippen LogP contribution in [0, 0.1) is 11.7 Å². The van der Waals surface area contributed by atoms with Crippen molar-refractivity contribution in [3.8, 4) is 0 Å². The first kappa shape index (κ1) is 10.9. The van der Waals surface area contributed by atoms with E-state index in [4.69, 9.17) is 0 Å². The number of aldehydes is 1. The Morgan fingerprint density at radius 2 is 2.07 bits per heavy atom. The Balaban J connectivity index is 2.91. The third-order valence-corrected chi connectivity index (χ3v) is 2.31. The van der Waals surface area contributed by atoms with E-state index in [-0.39, 0.29) is 11.7 Å². The summed E-state index contributed by atoms with van der Waals surface area (Å²) in [6.07, 6.45) is 2.04. The van der Waals surface area contributed by atoms with E-state index in [1.807, 2.05) is 13.0 Å². The first-order chi connectivity index (χ1) is 6.69. The van der Waals surface area contributed by atoms with Gasteiger partial charge >= 0.3 is 0 Å². The fourth-order valence-electron chi connectivity index (χ4n) is 1.46. The normalized spacial score (nSPS) is 12.5. The number of carbonyl (C=O) groups is 1. The highest BCUT2D eigenvalue weighted by molar-refractivity contribution is 5.53. The molecule has 0 aliphatic carbocycles. The molecule has 0 aromatic heterocycles. The fraction of sp³-hybridized carbons (Fsp3) is 0.417. The molecule has 0 aliphatic rings. The van der Waals surface area contributed by atoms with Gasteiger partial charge in [0.25, 0.3) is 0 Å². The summed E-state index contributed by atoms with van der Waals surface area (Å²) in [5, 5.41) is 0. The highest BCUT2D eigenvalue weighted by Crippen LogP contribution is 2.16. The summed E-state index contributed by atoms with van der Waals surface area (Å²) in [5.74, 6) is -0.264. The van der Waals surface area contributed by atoms with Crippen LogP contribution in [0.25, 0.3) is 0 Å². The van der Waals surface area contributed by atoms with Crippen LogP contribution in [0.15, 0.2) is 18.2 Å². The van der Waals surface area contributed by atoms with E-state index in [9.17, 15) is 9.18 Å². The largest absolute Gasteiger partial charge is 0.303 e. The molecule has 0 saturated heterocycles. The molecule has 2 heteroatoms. The average Bonchev–Trinajstić information content (AvgIpc) is 2.21. The topological polar surface area (TPSA) is 17.1 Å². The molecule has 0 spiro atoms. The van der Waals surface area contributed by atoms with E-state index in [2.05, 4.69) is 0 Å². The number of hydrogen-bond donors (Lipinski definition) is 0. The Kier molecular flexibility index (Phi) is 3.81. The Morgan fingerprint density at radius 3 is 2.64 bits per heavy atom. The van der Waals surface area contributed by atoms with Gasteiger partial charge in [-0.2, -0.15) is 0 Å². The van der Waals surface area contributed by atoms with Crippen molar-refractivity contribution in [2.24, 2.45) is 5.92 Å². The van der Waals surface area contributed by atoms with Gasteiger partial charge in [0.15, 0.2) is 0 Å². The maximum atomic E-state index is 13.7. The summed E-state index contributed by atoms with van der Waals surface area (Å²) in [6, 6.07) is 5.37. The number of rotatable bonds is 4. The monoisotopic (exact) mass is 194 g/mol. The quantitative estimate of drug-likeness (QED) is 0.673. The highest BCUT2D eigenvalue weighted by Gasteiger charge is 2.09. The molecule has 0 radical (unpaired) electrons. The smallest absolute Gasteiger partial charge is 0.129 e. The van der Waals surface area contributed by atoms with Crippen molar-refractivity contribution >= 4 is 6.29 Å². The molecule has 0 saturated carbocycles. The van der Waals surface area contributed by atoms with Crippen LogP contribution < -0.4 is 0 Å². The van der Waals surface area contributed by atoms with Crippen molar-refractivity contribution in [3.63, 3.8) is 0 Å². The second-order valence-corrected chi connectivity index (χ2v) is 3.56. The predicted molar refractivity (Wildman–Crippen MR) is 54.7 cm³/mol. The van der Waals surface area contributed by atoms with E-state index >= 15 is 0 Å². The van der Waals surface area contributed by atoms with Crippen LogP contribution in [0.3, 0.4) is 0 Å². The van der Waals surface area contributed by atoms with Crippen molar-refractivity contribution in [1.29, 1.82) is 0 Å².